The Balaban J connectivity index is 0. The molecule has 0 fully saturated rings. The van der Waals surface area contributed by atoms with Crippen molar-refractivity contribution in [3.63, 3.8) is 0 Å². The van der Waals surface area contributed by atoms with Crippen LogP contribution in [0.1, 0.15) is 13.8 Å². The van der Waals surface area contributed by atoms with Gasteiger partial charge in [0.25, 0.3) is 0 Å². The first-order valence-corrected chi connectivity index (χ1v) is 6.83. The van der Waals surface area contributed by atoms with Crippen LogP contribution in [0.25, 0.3) is 23.0 Å². The molecule has 9 heteroatoms. The number of nitrogens with zero attached hydrogens (tertiary/aromatic N) is 5. The van der Waals surface area contributed by atoms with Crippen molar-refractivity contribution in [1.29, 1.82) is 0 Å². The van der Waals surface area contributed by atoms with E-state index in [2.05, 4.69) is 32.9 Å². The van der Waals surface area contributed by atoms with Crippen LogP contribution in [0, 0.1) is 0 Å². The Morgan fingerprint density at radius 1 is 0.792 bits per heavy atom. The topological polar surface area (TPSA) is 48.5 Å². The van der Waals surface area contributed by atoms with Crippen molar-refractivity contribution in [2.75, 3.05) is 0 Å². The summed E-state index contributed by atoms with van der Waals surface area (Å²) in [6.07, 6.45) is 7.55. The standard InChI is InChI=1S/C15H17N5.3ClH.V/c1-3-19-10-8-16-14(19)12-6-5-7-13(18-12)15-17-9-11-20(15)4-2;;;;/h5-11H,3-4H2,1-2H3;3*1H;/q;;;;+3/p-3. The molecule has 0 unspecified atom stereocenters. The summed E-state index contributed by atoms with van der Waals surface area (Å²) < 4.78 is 4.16. The maximum absolute atomic E-state index is 4.71. The molecule has 0 saturated carbocycles. The minimum atomic E-state index is 0. The van der Waals surface area contributed by atoms with Gasteiger partial charge in [-0.1, -0.05) is 6.07 Å². The van der Waals surface area contributed by atoms with Gasteiger partial charge in [0.2, 0.25) is 0 Å². The van der Waals surface area contributed by atoms with E-state index < -0.39 is 0 Å². The summed E-state index contributed by atoms with van der Waals surface area (Å²) in [5, 5.41) is 0. The van der Waals surface area contributed by atoms with Crippen LogP contribution >= 0.6 is 0 Å². The van der Waals surface area contributed by atoms with E-state index in [1.165, 1.54) is 0 Å². The fraction of sp³-hybridized carbons (Fsp3) is 0.267. The van der Waals surface area contributed by atoms with Crippen LogP contribution < -0.4 is 37.2 Å². The predicted octanol–water partition coefficient (Wildman–Crippen LogP) is -6.14. The Hall–Kier alpha value is -0.976. The summed E-state index contributed by atoms with van der Waals surface area (Å²) in [6.45, 7) is 5.95. The minimum Gasteiger partial charge on any atom is -1.00 e. The largest absolute Gasteiger partial charge is 3.00 e. The predicted molar refractivity (Wildman–Crippen MR) is 78.0 cm³/mol. The second-order valence-electron chi connectivity index (χ2n) is 4.48. The van der Waals surface area contributed by atoms with E-state index in [1.54, 1.807) is 12.4 Å². The van der Waals surface area contributed by atoms with Gasteiger partial charge in [-0.25, -0.2) is 15.0 Å². The van der Waals surface area contributed by atoms with Crippen molar-refractivity contribution in [3.8, 4) is 23.0 Å². The second kappa shape index (κ2) is 11.6. The molecule has 3 aromatic rings. The molecular weight excluding hydrogens is 408 g/mol. The van der Waals surface area contributed by atoms with Crippen molar-refractivity contribution in [1.82, 2.24) is 24.1 Å². The molecule has 0 radical (unpaired) electrons. The van der Waals surface area contributed by atoms with Gasteiger partial charge in [0.15, 0.2) is 11.6 Å². The van der Waals surface area contributed by atoms with Crippen LogP contribution in [-0.4, -0.2) is 24.1 Å². The molecule has 3 aromatic heterocycles. The fourth-order valence-corrected chi connectivity index (χ4v) is 2.28. The molecule has 24 heavy (non-hydrogen) atoms. The number of rotatable bonds is 4. The van der Waals surface area contributed by atoms with E-state index >= 15 is 0 Å². The number of hydrogen-bond donors (Lipinski definition) is 0. The minimum absolute atomic E-state index is 0. The molecule has 128 valence electrons. The summed E-state index contributed by atoms with van der Waals surface area (Å²) in [4.78, 5) is 13.5. The van der Waals surface area contributed by atoms with E-state index in [4.69, 9.17) is 4.98 Å². The summed E-state index contributed by atoms with van der Waals surface area (Å²) in [5.41, 5.74) is 1.75. The molecule has 0 amide bonds. The van der Waals surface area contributed by atoms with E-state index in [-0.39, 0.29) is 55.8 Å². The number of aryl methyl sites for hydroxylation is 2. The first-order valence-electron chi connectivity index (χ1n) is 6.83. The van der Waals surface area contributed by atoms with Gasteiger partial charge in [0.05, 0.1) is 0 Å². The first kappa shape index (κ1) is 25.3. The molecule has 0 N–H and O–H groups in total. The van der Waals surface area contributed by atoms with Gasteiger partial charge in [0, 0.05) is 37.9 Å². The quantitative estimate of drug-likeness (QED) is 0.419. The molecule has 0 aromatic carbocycles. The Morgan fingerprint density at radius 2 is 1.21 bits per heavy atom. The Morgan fingerprint density at radius 3 is 1.58 bits per heavy atom. The van der Waals surface area contributed by atoms with Crippen LogP contribution in [0.2, 0.25) is 0 Å². The third kappa shape index (κ3) is 5.01. The van der Waals surface area contributed by atoms with E-state index in [1.807, 2.05) is 30.6 Å². The van der Waals surface area contributed by atoms with Crippen molar-refractivity contribution in [2.24, 2.45) is 0 Å². The molecule has 0 aliphatic carbocycles. The summed E-state index contributed by atoms with van der Waals surface area (Å²) in [6, 6.07) is 5.97. The van der Waals surface area contributed by atoms with Crippen LogP contribution in [0.5, 0.6) is 0 Å². The van der Waals surface area contributed by atoms with Gasteiger partial charge in [-0.05, 0) is 26.0 Å². The molecule has 0 spiro atoms. The second-order valence-corrected chi connectivity index (χ2v) is 4.48. The summed E-state index contributed by atoms with van der Waals surface area (Å²) in [5.74, 6) is 1.79. The SMILES string of the molecule is CCn1ccnc1-c1cccc(-c2nccn2CC)n1.[Cl-].[Cl-].[Cl-].[V+3]. The van der Waals surface area contributed by atoms with Gasteiger partial charge in [0.1, 0.15) is 11.4 Å². The van der Waals surface area contributed by atoms with Crippen LogP contribution in [0.3, 0.4) is 0 Å². The molecule has 3 rings (SSSR count). The number of hydrogen-bond acceptors (Lipinski definition) is 3. The molecule has 0 aliphatic heterocycles. The maximum Gasteiger partial charge on any atom is 3.00 e. The monoisotopic (exact) mass is 423 g/mol. The van der Waals surface area contributed by atoms with Crippen LogP contribution in [-0.2, 0) is 31.6 Å². The molecular formula is C15H17Cl3N5V. The van der Waals surface area contributed by atoms with Crippen LogP contribution in [0.15, 0.2) is 43.0 Å². The zero-order valence-corrected chi connectivity index (χ0v) is 16.9. The normalized spacial score (nSPS) is 9.08. The smallest absolute Gasteiger partial charge is 1.00 e. The van der Waals surface area contributed by atoms with Gasteiger partial charge in [-0.2, -0.15) is 0 Å². The average molecular weight is 425 g/mol. The maximum atomic E-state index is 4.71. The Bertz CT molecular complexity index is 672. The summed E-state index contributed by atoms with van der Waals surface area (Å²) in [7, 11) is 0. The number of imidazole rings is 2. The molecule has 0 atom stereocenters. The van der Waals surface area contributed by atoms with Crippen molar-refractivity contribution in [3.05, 3.63) is 43.0 Å². The Labute approximate surface area is 172 Å². The molecule has 5 nitrogen and oxygen atoms in total. The van der Waals surface area contributed by atoms with Gasteiger partial charge >= 0.3 is 18.6 Å². The zero-order chi connectivity index (χ0) is 13.9. The first-order chi connectivity index (χ1) is 9.83. The number of aromatic nitrogens is 5. The third-order valence-electron chi connectivity index (χ3n) is 3.32. The van der Waals surface area contributed by atoms with E-state index in [0.717, 1.165) is 36.1 Å². The van der Waals surface area contributed by atoms with E-state index in [0.29, 0.717) is 0 Å². The van der Waals surface area contributed by atoms with Crippen molar-refractivity contribution < 1.29 is 55.8 Å². The fourth-order valence-electron chi connectivity index (χ4n) is 2.28. The molecule has 3 heterocycles. The number of pyridine rings is 1. The summed E-state index contributed by atoms with van der Waals surface area (Å²) >= 11 is 0. The average Bonchev–Trinajstić information content (AvgIpc) is 3.15. The third-order valence-corrected chi connectivity index (χ3v) is 3.32. The van der Waals surface area contributed by atoms with Gasteiger partial charge in [-0.3, -0.25) is 0 Å². The van der Waals surface area contributed by atoms with Crippen molar-refractivity contribution in [2.45, 2.75) is 26.9 Å². The molecule has 0 saturated heterocycles. The van der Waals surface area contributed by atoms with Gasteiger partial charge < -0.3 is 46.4 Å². The zero-order valence-electron chi connectivity index (χ0n) is 13.3. The van der Waals surface area contributed by atoms with Crippen LogP contribution in [0.4, 0.5) is 0 Å². The molecule has 0 aliphatic rings. The van der Waals surface area contributed by atoms with E-state index in [9.17, 15) is 0 Å². The van der Waals surface area contributed by atoms with Gasteiger partial charge in [-0.15, -0.1) is 0 Å². The molecule has 0 bridgehead atoms. The van der Waals surface area contributed by atoms with Crippen molar-refractivity contribution >= 4 is 0 Å². The Kier molecular flexibility index (Phi) is 12.2. The number of halogens is 3.